The second-order valence-electron chi connectivity index (χ2n) is 7.51. The standard InChI is InChI=1S/C22H22F6O2/c1-2-14-3-5-15(6-4-14)16-7-9-17(10-8-16)21(24,25)29-18-11-12-20(19(23)13-18)30-22(26,27)28/h7-15H,2-6H2,1H3/t14-,15-. The first-order valence-electron chi connectivity index (χ1n) is 9.80. The lowest BCUT2D eigenvalue weighted by atomic mass is 9.78. The van der Waals surface area contributed by atoms with Gasteiger partial charge in [0.05, 0.1) is 5.56 Å². The van der Waals surface area contributed by atoms with Gasteiger partial charge in [0.25, 0.3) is 0 Å². The summed E-state index contributed by atoms with van der Waals surface area (Å²) >= 11 is 0. The number of halogens is 6. The average Bonchev–Trinajstić information content (AvgIpc) is 2.69. The van der Waals surface area contributed by atoms with Crippen LogP contribution in [0.1, 0.15) is 56.1 Å². The van der Waals surface area contributed by atoms with Gasteiger partial charge in [0.2, 0.25) is 0 Å². The van der Waals surface area contributed by atoms with Gasteiger partial charge in [-0.2, -0.15) is 8.78 Å². The average molecular weight is 432 g/mol. The van der Waals surface area contributed by atoms with Crippen molar-refractivity contribution in [1.82, 2.24) is 0 Å². The van der Waals surface area contributed by atoms with Crippen molar-refractivity contribution in [2.45, 2.75) is 57.4 Å². The highest BCUT2D eigenvalue weighted by Gasteiger charge is 2.36. The zero-order chi connectivity index (χ0) is 21.9. The molecule has 0 radical (unpaired) electrons. The maximum Gasteiger partial charge on any atom is 0.573 e. The molecule has 0 aliphatic heterocycles. The predicted molar refractivity (Wildman–Crippen MR) is 99.0 cm³/mol. The summed E-state index contributed by atoms with van der Waals surface area (Å²) in [5.74, 6) is -2.13. The van der Waals surface area contributed by atoms with Crippen LogP contribution >= 0.6 is 0 Å². The molecule has 30 heavy (non-hydrogen) atoms. The molecule has 2 nitrogen and oxygen atoms in total. The topological polar surface area (TPSA) is 18.5 Å². The van der Waals surface area contributed by atoms with E-state index in [1.807, 2.05) is 0 Å². The van der Waals surface area contributed by atoms with Crippen molar-refractivity contribution in [3.63, 3.8) is 0 Å². The third-order valence-electron chi connectivity index (χ3n) is 5.52. The highest BCUT2D eigenvalue weighted by atomic mass is 19.4. The Kier molecular flexibility index (Phi) is 6.53. The van der Waals surface area contributed by atoms with E-state index < -0.39 is 35.4 Å². The molecule has 0 N–H and O–H groups in total. The van der Waals surface area contributed by atoms with Gasteiger partial charge in [-0.05, 0) is 67.3 Å². The quantitative estimate of drug-likeness (QED) is 0.439. The van der Waals surface area contributed by atoms with Crippen molar-refractivity contribution in [2.24, 2.45) is 5.92 Å². The highest BCUT2D eigenvalue weighted by molar-refractivity contribution is 5.34. The first-order chi connectivity index (χ1) is 14.1. The zero-order valence-electron chi connectivity index (χ0n) is 16.3. The van der Waals surface area contributed by atoms with E-state index in [9.17, 15) is 26.3 Å². The van der Waals surface area contributed by atoms with Gasteiger partial charge in [0.1, 0.15) is 5.75 Å². The number of benzene rings is 2. The van der Waals surface area contributed by atoms with Crippen LogP contribution in [0.15, 0.2) is 42.5 Å². The first-order valence-corrected chi connectivity index (χ1v) is 9.80. The summed E-state index contributed by atoms with van der Waals surface area (Å²) in [6.45, 7) is 2.17. The second-order valence-corrected chi connectivity index (χ2v) is 7.51. The Labute approximate surface area is 170 Å². The Bertz CT molecular complexity index is 840. The number of rotatable bonds is 6. The lowest BCUT2D eigenvalue weighted by Crippen LogP contribution is -2.22. The van der Waals surface area contributed by atoms with Crippen LogP contribution in [0.2, 0.25) is 0 Å². The van der Waals surface area contributed by atoms with E-state index in [0.29, 0.717) is 18.1 Å². The van der Waals surface area contributed by atoms with Gasteiger partial charge in [0, 0.05) is 6.07 Å². The molecule has 0 heterocycles. The minimum Gasteiger partial charge on any atom is -0.429 e. The van der Waals surface area contributed by atoms with Crippen LogP contribution < -0.4 is 9.47 Å². The Morgan fingerprint density at radius 1 is 0.867 bits per heavy atom. The minimum atomic E-state index is -5.09. The van der Waals surface area contributed by atoms with E-state index in [2.05, 4.69) is 16.4 Å². The Morgan fingerprint density at radius 3 is 2.03 bits per heavy atom. The largest absolute Gasteiger partial charge is 0.573 e. The van der Waals surface area contributed by atoms with Crippen molar-refractivity contribution in [2.75, 3.05) is 0 Å². The molecule has 0 amide bonds. The van der Waals surface area contributed by atoms with E-state index in [-0.39, 0.29) is 0 Å². The fraction of sp³-hybridized carbons (Fsp3) is 0.455. The van der Waals surface area contributed by atoms with Crippen molar-refractivity contribution in [3.8, 4) is 11.5 Å². The third-order valence-corrected chi connectivity index (χ3v) is 5.52. The van der Waals surface area contributed by atoms with Crippen molar-refractivity contribution in [3.05, 3.63) is 59.4 Å². The molecule has 0 spiro atoms. The smallest absolute Gasteiger partial charge is 0.429 e. The second kappa shape index (κ2) is 8.78. The van der Waals surface area contributed by atoms with Crippen molar-refractivity contribution < 1.29 is 35.8 Å². The number of hydrogen-bond donors (Lipinski definition) is 0. The molecule has 0 bridgehead atoms. The van der Waals surface area contributed by atoms with Gasteiger partial charge in [-0.1, -0.05) is 25.5 Å². The molecule has 2 aromatic rings. The maximum atomic E-state index is 14.5. The Hall–Kier alpha value is -2.38. The van der Waals surface area contributed by atoms with Crippen LogP contribution in [0.5, 0.6) is 11.5 Å². The number of alkyl halides is 5. The SMILES string of the molecule is CC[C@H]1CC[C@H](c2ccc(C(F)(F)Oc3ccc(OC(F)(F)F)c(F)c3)cc2)CC1. The van der Waals surface area contributed by atoms with Crippen LogP contribution in [-0.2, 0) is 6.11 Å². The number of ether oxygens (including phenoxy) is 2. The first kappa shape index (κ1) is 22.3. The maximum absolute atomic E-state index is 14.5. The molecular weight excluding hydrogens is 410 g/mol. The van der Waals surface area contributed by atoms with Crippen LogP contribution in [0.25, 0.3) is 0 Å². The molecule has 0 atom stereocenters. The normalized spacial score (nSPS) is 20.1. The van der Waals surface area contributed by atoms with Gasteiger partial charge in [-0.3, -0.25) is 0 Å². The monoisotopic (exact) mass is 432 g/mol. The van der Waals surface area contributed by atoms with E-state index in [4.69, 9.17) is 0 Å². The van der Waals surface area contributed by atoms with Crippen LogP contribution in [0, 0.1) is 11.7 Å². The molecular formula is C22H22F6O2. The predicted octanol–water partition coefficient (Wildman–Crippen LogP) is 7.54. The van der Waals surface area contributed by atoms with E-state index in [1.54, 1.807) is 12.1 Å². The molecule has 1 aliphatic rings. The molecule has 0 saturated heterocycles. The summed E-state index contributed by atoms with van der Waals surface area (Å²) in [7, 11) is 0. The van der Waals surface area contributed by atoms with Crippen molar-refractivity contribution in [1.29, 1.82) is 0 Å². The molecule has 1 fully saturated rings. The highest BCUT2D eigenvalue weighted by Crippen LogP contribution is 2.39. The molecule has 0 unspecified atom stereocenters. The molecule has 2 aromatic carbocycles. The molecule has 8 heteroatoms. The van der Waals surface area contributed by atoms with Gasteiger partial charge in [-0.15, -0.1) is 13.2 Å². The van der Waals surface area contributed by atoms with Gasteiger partial charge in [0.15, 0.2) is 11.6 Å². The van der Waals surface area contributed by atoms with Crippen LogP contribution in [0.4, 0.5) is 26.3 Å². The van der Waals surface area contributed by atoms with Crippen LogP contribution in [-0.4, -0.2) is 6.36 Å². The lowest BCUT2D eigenvalue weighted by molar-refractivity contribution is -0.275. The van der Waals surface area contributed by atoms with Gasteiger partial charge < -0.3 is 9.47 Å². The lowest BCUT2D eigenvalue weighted by Gasteiger charge is -2.28. The third kappa shape index (κ3) is 5.61. The Morgan fingerprint density at radius 2 is 1.50 bits per heavy atom. The molecule has 164 valence electrons. The molecule has 0 aromatic heterocycles. The molecule has 1 aliphatic carbocycles. The van der Waals surface area contributed by atoms with E-state index in [0.717, 1.165) is 49.7 Å². The summed E-state index contributed by atoms with van der Waals surface area (Å²) in [5, 5.41) is 0. The fourth-order valence-electron chi connectivity index (χ4n) is 3.81. The van der Waals surface area contributed by atoms with Crippen LogP contribution in [0.3, 0.4) is 0 Å². The van der Waals surface area contributed by atoms with E-state index >= 15 is 0 Å². The minimum absolute atomic E-state index is 0.340. The summed E-state index contributed by atoms with van der Waals surface area (Å²) in [6.07, 6.45) is -3.42. The Balaban J connectivity index is 1.67. The van der Waals surface area contributed by atoms with E-state index in [1.165, 1.54) is 12.1 Å². The molecule has 1 saturated carbocycles. The summed E-state index contributed by atoms with van der Waals surface area (Å²) < 4.78 is 87.2. The fourth-order valence-corrected chi connectivity index (χ4v) is 3.81. The summed E-state index contributed by atoms with van der Waals surface area (Å²) in [5.41, 5.74) is 0.563. The molecule has 3 rings (SSSR count). The zero-order valence-corrected chi connectivity index (χ0v) is 16.3. The summed E-state index contributed by atoms with van der Waals surface area (Å²) in [4.78, 5) is 0. The van der Waals surface area contributed by atoms with Crippen molar-refractivity contribution >= 4 is 0 Å². The van der Waals surface area contributed by atoms with Gasteiger partial charge >= 0.3 is 12.5 Å². The van der Waals surface area contributed by atoms with Gasteiger partial charge in [-0.25, -0.2) is 4.39 Å². The summed E-state index contributed by atoms with van der Waals surface area (Å²) in [6, 6.07) is 7.62. The number of hydrogen-bond acceptors (Lipinski definition) is 2.